The van der Waals surface area contributed by atoms with Gasteiger partial charge in [-0.05, 0) is 48.4 Å². The summed E-state index contributed by atoms with van der Waals surface area (Å²) >= 11 is 1.55. The van der Waals surface area contributed by atoms with Crippen molar-refractivity contribution in [3.05, 3.63) is 46.8 Å². The van der Waals surface area contributed by atoms with E-state index in [-0.39, 0.29) is 12.5 Å². The maximum atomic E-state index is 12.6. The molecule has 3 N–H and O–H groups in total. The normalized spacial score (nSPS) is 16.7. The van der Waals surface area contributed by atoms with E-state index in [0.29, 0.717) is 38.6 Å². The number of nitrogens with zero attached hydrogens (tertiary/aromatic N) is 4. The second-order valence-corrected chi connectivity index (χ2v) is 8.49. The second kappa shape index (κ2) is 11.1. The summed E-state index contributed by atoms with van der Waals surface area (Å²) in [6.07, 6.45) is 2.19. The van der Waals surface area contributed by atoms with Crippen LogP contribution in [0.2, 0.25) is 0 Å². The summed E-state index contributed by atoms with van der Waals surface area (Å²) < 4.78 is 0. The number of rotatable bonds is 8. The molecular formula is C22H32N6O2S. The lowest BCUT2D eigenvalue weighted by Crippen LogP contribution is -2.49. The second-order valence-electron chi connectivity index (χ2n) is 7.71. The predicted molar refractivity (Wildman–Crippen MR) is 126 cm³/mol. The molecule has 168 valence electrons. The van der Waals surface area contributed by atoms with Gasteiger partial charge in [0.1, 0.15) is 11.4 Å². The van der Waals surface area contributed by atoms with E-state index in [9.17, 15) is 9.90 Å². The van der Waals surface area contributed by atoms with Gasteiger partial charge in [0.2, 0.25) is 5.91 Å². The Morgan fingerprint density at radius 2 is 2.06 bits per heavy atom. The van der Waals surface area contributed by atoms with Gasteiger partial charge in [-0.3, -0.25) is 4.79 Å². The molecule has 1 amide bonds. The highest BCUT2D eigenvalue weighted by atomic mass is 32.1. The fourth-order valence-corrected chi connectivity index (χ4v) is 4.19. The van der Waals surface area contributed by atoms with Crippen molar-refractivity contribution < 1.29 is 9.90 Å². The largest absolute Gasteiger partial charge is 0.383 e. The molecule has 0 radical (unpaired) electrons. The van der Waals surface area contributed by atoms with Crippen molar-refractivity contribution in [2.45, 2.75) is 25.9 Å². The van der Waals surface area contributed by atoms with Crippen LogP contribution < -0.4 is 15.5 Å². The van der Waals surface area contributed by atoms with Crippen LogP contribution in [0.3, 0.4) is 0 Å². The molecule has 1 fully saturated rings. The highest BCUT2D eigenvalue weighted by molar-refractivity contribution is 7.08. The average Bonchev–Trinajstić information content (AvgIpc) is 3.34. The number of pyridine rings is 1. The lowest BCUT2D eigenvalue weighted by atomic mass is 10.00. The zero-order valence-electron chi connectivity index (χ0n) is 18.3. The predicted octanol–water partition coefficient (Wildman–Crippen LogP) is 1.64. The van der Waals surface area contributed by atoms with Crippen LogP contribution in [0.4, 0.5) is 5.82 Å². The maximum Gasteiger partial charge on any atom is 0.224 e. The lowest BCUT2D eigenvalue weighted by Gasteiger charge is -2.35. The van der Waals surface area contributed by atoms with Gasteiger partial charge in [-0.25, -0.2) is 9.98 Å². The van der Waals surface area contributed by atoms with Crippen molar-refractivity contribution in [2.75, 3.05) is 50.7 Å². The first-order valence-corrected chi connectivity index (χ1v) is 11.6. The molecule has 9 heteroatoms. The minimum atomic E-state index is -1.02. The molecule has 1 aliphatic heterocycles. The summed E-state index contributed by atoms with van der Waals surface area (Å²) in [5, 5.41) is 20.9. The molecule has 3 rings (SSSR count). The Hall–Kier alpha value is -2.65. The van der Waals surface area contributed by atoms with Crippen molar-refractivity contribution in [2.24, 2.45) is 4.99 Å². The Bertz CT molecular complexity index is 833. The SMILES string of the molecule is CCNC(=NCC(C)(O)c1ccsc1)NCCC(=O)N1CCN(c2ccccn2)CC1. The van der Waals surface area contributed by atoms with E-state index in [4.69, 9.17) is 0 Å². The molecule has 1 unspecified atom stereocenters. The number of aromatic nitrogens is 1. The van der Waals surface area contributed by atoms with E-state index in [0.717, 1.165) is 24.5 Å². The zero-order chi connectivity index (χ0) is 22.1. The molecule has 0 saturated carbocycles. The summed E-state index contributed by atoms with van der Waals surface area (Å²) in [7, 11) is 0. The Labute approximate surface area is 188 Å². The number of amides is 1. The number of hydrogen-bond donors (Lipinski definition) is 3. The third-order valence-electron chi connectivity index (χ3n) is 5.27. The standard InChI is InChI=1S/C22H32N6O2S/c1-3-23-21(26-17-22(2,30)18-8-15-31-16-18)25-10-7-20(29)28-13-11-27(12-14-28)19-6-4-5-9-24-19/h4-6,8-9,15-16,30H,3,7,10-14,17H2,1-2H3,(H2,23,25,26). The molecule has 31 heavy (non-hydrogen) atoms. The van der Waals surface area contributed by atoms with Gasteiger partial charge >= 0.3 is 0 Å². The van der Waals surface area contributed by atoms with Gasteiger partial charge in [-0.2, -0.15) is 11.3 Å². The molecule has 2 aromatic heterocycles. The quantitative estimate of drug-likeness (QED) is 0.424. The van der Waals surface area contributed by atoms with Gasteiger partial charge in [0.15, 0.2) is 5.96 Å². The molecule has 0 aliphatic carbocycles. The Balaban J connectivity index is 1.43. The third-order valence-corrected chi connectivity index (χ3v) is 5.95. The fourth-order valence-electron chi connectivity index (χ4n) is 3.41. The van der Waals surface area contributed by atoms with E-state index in [1.165, 1.54) is 0 Å². The number of carbonyl (C=O) groups excluding carboxylic acids is 1. The molecule has 0 spiro atoms. The third kappa shape index (κ3) is 6.67. The van der Waals surface area contributed by atoms with E-state index < -0.39 is 5.60 Å². The van der Waals surface area contributed by atoms with Crippen LogP contribution in [0.5, 0.6) is 0 Å². The van der Waals surface area contributed by atoms with Crippen molar-refractivity contribution >= 4 is 29.0 Å². The van der Waals surface area contributed by atoms with Gasteiger partial charge in [0, 0.05) is 51.9 Å². The highest BCUT2D eigenvalue weighted by Gasteiger charge is 2.24. The van der Waals surface area contributed by atoms with Crippen molar-refractivity contribution in [1.29, 1.82) is 0 Å². The first-order chi connectivity index (χ1) is 15.0. The highest BCUT2D eigenvalue weighted by Crippen LogP contribution is 2.23. The lowest BCUT2D eigenvalue weighted by molar-refractivity contribution is -0.131. The van der Waals surface area contributed by atoms with Crippen molar-refractivity contribution in [3.63, 3.8) is 0 Å². The molecule has 0 aromatic carbocycles. The molecule has 2 aromatic rings. The number of guanidine groups is 1. The average molecular weight is 445 g/mol. The Kier molecular flexibility index (Phi) is 8.25. The number of carbonyl (C=O) groups is 1. The van der Waals surface area contributed by atoms with Crippen LogP contribution in [-0.2, 0) is 10.4 Å². The zero-order valence-corrected chi connectivity index (χ0v) is 19.1. The van der Waals surface area contributed by atoms with Gasteiger partial charge in [-0.1, -0.05) is 6.07 Å². The molecule has 1 saturated heterocycles. The van der Waals surface area contributed by atoms with E-state index in [1.54, 1.807) is 24.5 Å². The summed E-state index contributed by atoms with van der Waals surface area (Å²) in [6, 6.07) is 7.80. The van der Waals surface area contributed by atoms with Crippen LogP contribution in [0.15, 0.2) is 46.2 Å². The summed E-state index contributed by atoms with van der Waals surface area (Å²) in [5.41, 5.74) is -0.164. The molecule has 1 atom stereocenters. The number of piperazine rings is 1. The minimum absolute atomic E-state index is 0.134. The fraction of sp³-hybridized carbons (Fsp3) is 0.500. The number of anilines is 1. The van der Waals surface area contributed by atoms with Crippen LogP contribution in [-0.4, -0.2) is 72.7 Å². The molecular weight excluding hydrogens is 412 g/mol. The molecule has 1 aliphatic rings. The van der Waals surface area contributed by atoms with Gasteiger partial charge < -0.3 is 25.5 Å². The minimum Gasteiger partial charge on any atom is -0.383 e. The Morgan fingerprint density at radius 1 is 1.26 bits per heavy atom. The van der Waals surface area contributed by atoms with Gasteiger partial charge in [-0.15, -0.1) is 0 Å². The number of aliphatic imine (C=N–C) groups is 1. The smallest absolute Gasteiger partial charge is 0.224 e. The number of aliphatic hydroxyl groups is 1. The number of thiophene rings is 1. The van der Waals surface area contributed by atoms with Crippen molar-refractivity contribution in [1.82, 2.24) is 20.5 Å². The van der Waals surface area contributed by atoms with Crippen LogP contribution >= 0.6 is 11.3 Å². The number of hydrogen-bond acceptors (Lipinski definition) is 6. The summed E-state index contributed by atoms with van der Waals surface area (Å²) in [5.74, 6) is 1.70. The summed E-state index contributed by atoms with van der Waals surface area (Å²) in [6.45, 7) is 8.16. The Morgan fingerprint density at radius 3 is 2.71 bits per heavy atom. The topological polar surface area (TPSA) is 93.1 Å². The summed E-state index contributed by atoms with van der Waals surface area (Å²) in [4.78, 5) is 25.6. The first-order valence-electron chi connectivity index (χ1n) is 10.7. The monoisotopic (exact) mass is 444 g/mol. The molecule has 3 heterocycles. The van der Waals surface area contributed by atoms with Crippen LogP contribution in [0, 0.1) is 0 Å². The van der Waals surface area contributed by atoms with Gasteiger partial charge in [0.05, 0.1) is 6.54 Å². The van der Waals surface area contributed by atoms with Crippen molar-refractivity contribution in [3.8, 4) is 0 Å². The number of nitrogens with one attached hydrogen (secondary N) is 2. The van der Waals surface area contributed by atoms with Gasteiger partial charge in [0.25, 0.3) is 0 Å². The van der Waals surface area contributed by atoms with E-state index in [2.05, 4.69) is 25.5 Å². The first kappa shape index (κ1) is 23.0. The molecule has 8 nitrogen and oxygen atoms in total. The maximum absolute atomic E-state index is 12.6. The van der Waals surface area contributed by atoms with Crippen LogP contribution in [0.25, 0.3) is 0 Å². The van der Waals surface area contributed by atoms with Crippen LogP contribution in [0.1, 0.15) is 25.8 Å². The molecule has 0 bridgehead atoms. The van der Waals surface area contributed by atoms with E-state index in [1.807, 2.05) is 46.8 Å². The van der Waals surface area contributed by atoms with E-state index >= 15 is 0 Å².